The number of phenols is 1. The van der Waals surface area contributed by atoms with Gasteiger partial charge in [-0.05, 0) is 93.6 Å². The second-order valence-corrected chi connectivity index (χ2v) is 15.5. The third kappa shape index (κ3) is 5.41. The zero-order valence-corrected chi connectivity index (χ0v) is 30.2. The number of carboxylic acid groups (broad SMARTS) is 1. The van der Waals surface area contributed by atoms with Crippen LogP contribution >= 0.6 is 0 Å². The van der Waals surface area contributed by atoms with Crippen molar-refractivity contribution in [2.24, 2.45) is 11.8 Å². The van der Waals surface area contributed by atoms with Crippen molar-refractivity contribution in [3.8, 4) is 17.2 Å². The van der Waals surface area contributed by atoms with E-state index in [1.807, 2.05) is 46.8 Å². The molecular formula is C41H48O9. The second kappa shape index (κ2) is 12.5. The molecule has 3 N–H and O–H groups in total. The molecule has 6 aliphatic rings. The number of carbonyl (C=O) groups is 3. The monoisotopic (exact) mass is 684 g/mol. The van der Waals surface area contributed by atoms with Crippen LogP contribution in [0.25, 0.3) is 6.08 Å². The van der Waals surface area contributed by atoms with Gasteiger partial charge in [0.05, 0.1) is 11.2 Å². The third-order valence-corrected chi connectivity index (χ3v) is 11.0. The maximum atomic E-state index is 14.8. The maximum absolute atomic E-state index is 14.8. The van der Waals surface area contributed by atoms with Crippen molar-refractivity contribution in [1.29, 1.82) is 0 Å². The molecule has 9 heteroatoms. The van der Waals surface area contributed by atoms with E-state index < -0.39 is 46.7 Å². The Kier molecular flexibility index (Phi) is 8.92. The van der Waals surface area contributed by atoms with E-state index >= 15 is 0 Å². The van der Waals surface area contributed by atoms with Crippen molar-refractivity contribution in [3.05, 3.63) is 80.5 Å². The van der Waals surface area contributed by atoms with Crippen LogP contribution in [-0.2, 0) is 20.7 Å². The molecule has 1 saturated carbocycles. The van der Waals surface area contributed by atoms with Gasteiger partial charge in [0, 0.05) is 40.5 Å². The molecule has 4 bridgehead atoms. The second-order valence-electron chi connectivity index (χ2n) is 15.5. The van der Waals surface area contributed by atoms with Gasteiger partial charge >= 0.3 is 5.97 Å². The van der Waals surface area contributed by atoms with Crippen molar-refractivity contribution in [2.45, 2.75) is 117 Å². The van der Waals surface area contributed by atoms with Crippen LogP contribution in [0, 0.1) is 11.8 Å². The number of fused-ring (bicyclic) bond motifs is 2. The minimum atomic E-state index is -1.68. The number of aromatic hydroxyl groups is 1. The SMILES string of the molecule is CC(C)=CCCC(C)=CCC1=Cc2c(O)c3c(c(CC=C(C)C)c2OC1O)OC12C(=CC4CC1C(C)(C)OC2(CC=C(C)C(=O)O)C4=O)C3=O. The number of allylic oxidation sites excluding steroid dienone is 7. The molecule has 3 aliphatic heterocycles. The minimum Gasteiger partial charge on any atom is -0.506 e. The Labute approximate surface area is 293 Å². The highest BCUT2D eigenvalue weighted by Crippen LogP contribution is 2.68. The van der Waals surface area contributed by atoms with E-state index in [1.165, 1.54) is 18.6 Å². The number of benzene rings is 1. The lowest BCUT2D eigenvalue weighted by atomic mass is 9.51. The Hall–Kier alpha value is -4.21. The zero-order chi connectivity index (χ0) is 36.5. The predicted octanol–water partition coefficient (Wildman–Crippen LogP) is 7.51. The van der Waals surface area contributed by atoms with Gasteiger partial charge in [-0.1, -0.05) is 47.1 Å². The molecule has 9 nitrogen and oxygen atoms in total. The lowest BCUT2D eigenvalue weighted by Crippen LogP contribution is -2.72. The Morgan fingerprint density at radius 1 is 0.980 bits per heavy atom. The van der Waals surface area contributed by atoms with Crippen LogP contribution in [0.1, 0.15) is 109 Å². The van der Waals surface area contributed by atoms with Gasteiger partial charge in [0.2, 0.25) is 6.29 Å². The highest BCUT2D eigenvalue weighted by atomic mass is 16.6. The number of aliphatic carboxylic acids is 1. The van der Waals surface area contributed by atoms with Gasteiger partial charge in [-0.15, -0.1) is 0 Å². The quantitative estimate of drug-likeness (QED) is 0.169. The average molecular weight is 685 g/mol. The molecule has 0 aromatic heterocycles. The van der Waals surface area contributed by atoms with Crippen LogP contribution in [0.3, 0.4) is 0 Å². The molecule has 7 rings (SSSR count). The first-order valence-corrected chi connectivity index (χ1v) is 17.4. The molecule has 0 amide bonds. The lowest BCUT2D eigenvalue weighted by Gasteiger charge is -2.56. The standard InChI is InChI=1S/C41H48O9/c1-21(2)10-9-11-23(5)13-14-25-18-28-32(42)31-33(43)29-19-26-20-30-39(7,8)50-40(36(26)44,17-16-24(6)37(45)46)41(29,30)49-35(31)27(15-12-22(3)4)34(28)48-38(25)47/h10,12-13,16,18-19,26,30,38,42,47H,9,11,14-15,17,20H2,1-8H3,(H,45,46). The predicted molar refractivity (Wildman–Crippen MR) is 189 cm³/mol. The van der Waals surface area contributed by atoms with Gasteiger partial charge in [-0.2, -0.15) is 0 Å². The number of ether oxygens (including phenoxy) is 3. The van der Waals surface area contributed by atoms with Gasteiger partial charge in [-0.3, -0.25) is 9.59 Å². The molecule has 266 valence electrons. The molecule has 5 atom stereocenters. The van der Waals surface area contributed by atoms with Crippen molar-refractivity contribution in [2.75, 3.05) is 0 Å². The summed E-state index contributed by atoms with van der Waals surface area (Å²) >= 11 is 0. The van der Waals surface area contributed by atoms with Crippen molar-refractivity contribution in [3.63, 3.8) is 0 Å². The number of carbonyl (C=O) groups excluding carboxylic acids is 2. The number of hydrogen-bond donors (Lipinski definition) is 3. The van der Waals surface area contributed by atoms with E-state index in [0.29, 0.717) is 24.0 Å². The van der Waals surface area contributed by atoms with Gasteiger partial charge < -0.3 is 29.5 Å². The summed E-state index contributed by atoms with van der Waals surface area (Å²) in [6.07, 6.45) is 12.4. The van der Waals surface area contributed by atoms with E-state index in [1.54, 1.807) is 12.2 Å². The van der Waals surface area contributed by atoms with Crippen LogP contribution in [-0.4, -0.2) is 55.9 Å². The highest BCUT2D eigenvalue weighted by molar-refractivity contribution is 6.19. The fourth-order valence-corrected chi connectivity index (χ4v) is 8.45. The highest BCUT2D eigenvalue weighted by Gasteiger charge is 2.81. The molecular weight excluding hydrogens is 636 g/mol. The molecule has 3 heterocycles. The molecule has 3 aliphatic carbocycles. The third-order valence-electron chi connectivity index (χ3n) is 11.0. The summed E-state index contributed by atoms with van der Waals surface area (Å²) in [6.45, 7) is 15.2. The first-order chi connectivity index (χ1) is 23.4. The normalized spacial score (nSPS) is 28.8. The fourth-order valence-electron chi connectivity index (χ4n) is 8.45. The van der Waals surface area contributed by atoms with Crippen LogP contribution in [0.5, 0.6) is 17.2 Å². The Morgan fingerprint density at radius 2 is 1.68 bits per heavy atom. The van der Waals surface area contributed by atoms with Gasteiger partial charge in [0.15, 0.2) is 22.8 Å². The number of hydrogen-bond acceptors (Lipinski definition) is 8. The van der Waals surface area contributed by atoms with Gasteiger partial charge in [-0.25, -0.2) is 4.79 Å². The van der Waals surface area contributed by atoms with Crippen molar-refractivity contribution in [1.82, 2.24) is 0 Å². The number of aliphatic hydroxyl groups excluding tert-OH is 1. The van der Waals surface area contributed by atoms with Gasteiger partial charge in [0.25, 0.3) is 0 Å². The van der Waals surface area contributed by atoms with Crippen LogP contribution < -0.4 is 9.47 Å². The first-order valence-electron chi connectivity index (χ1n) is 17.4. The minimum absolute atomic E-state index is 0.0218. The molecule has 1 aromatic rings. The van der Waals surface area contributed by atoms with Crippen molar-refractivity contribution >= 4 is 23.6 Å². The molecule has 1 spiro atoms. The topological polar surface area (TPSA) is 140 Å². The number of aliphatic hydroxyl groups is 1. The van der Waals surface area contributed by atoms with Gasteiger partial charge in [0.1, 0.15) is 22.8 Å². The summed E-state index contributed by atoms with van der Waals surface area (Å²) in [6, 6.07) is 0. The number of carboxylic acids is 1. The van der Waals surface area contributed by atoms with E-state index in [-0.39, 0.29) is 58.1 Å². The molecule has 2 fully saturated rings. The summed E-state index contributed by atoms with van der Waals surface area (Å²) in [4.78, 5) is 41.0. The average Bonchev–Trinajstić information content (AvgIpc) is 3.19. The fraction of sp³-hybridized carbons (Fsp3) is 0.488. The largest absolute Gasteiger partial charge is 0.506 e. The Morgan fingerprint density at radius 3 is 2.34 bits per heavy atom. The maximum Gasteiger partial charge on any atom is 0.330 e. The summed E-state index contributed by atoms with van der Waals surface area (Å²) in [7, 11) is 0. The van der Waals surface area contributed by atoms with E-state index in [0.717, 1.165) is 24.0 Å². The van der Waals surface area contributed by atoms with Crippen LogP contribution in [0.2, 0.25) is 0 Å². The summed E-state index contributed by atoms with van der Waals surface area (Å²) in [5.41, 5.74) is 0.794. The molecule has 1 aromatic carbocycles. The number of Topliss-reactive ketones (excluding diaryl/α,β-unsaturated/α-hetero) is 2. The molecule has 1 saturated heterocycles. The number of ketones is 2. The number of rotatable bonds is 10. The zero-order valence-electron chi connectivity index (χ0n) is 30.2. The van der Waals surface area contributed by atoms with Crippen LogP contribution in [0.15, 0.2) is 63.8 Å². The lowest BCUT2D eigenvalue weighted by molar-refractivity contribution is -0.171. The van der Waals surface area contributed by atoms with E-state index in [9.17, 15) is 29.7 Å². The van der Waals surface area contributed by atoms with E-state index in [4.69, 9.17) is 14.2 Å². The summed E-state index contributed by atoms with van der Waals surface area (Å²) < 4.78 is 20.0. The summed E-state index contributed by atoms with van der Waals surface area (Å²) in [5, 5.41) is 32.8. The van der Waals surface area contributed by atoms with Crippen molar-refractivity contribution < 1.29 is 43.9 Å². The Bertz CT molecular complexity index is 1870. The molecule has 0 radical (unpaired) electrons. The molecule has 50 heavy (non-hydrogen) atoms. The Balaban J connectivity index is 1.53. The van der Waals surface area contributed by atoms with E-state index in [2.05, 4.69) is 19.9 Å². The molecule has 5 unspecified atom stereocenters. The smallest absolute Gasteiger partial charge is 0.330 e. The number of phenolic OH excluding ortho intramolecular Hbond substituents is 1. The summed E-state index contributed by atoms with van der Waals surface area (Å²) in [5.74, 6) is -2.95. The first kappa shape index (κ1) is 35.6. The van der Waals surface area contributed by atoms with Crippen LogP contribution in [0.4, 0.5) is 0 Å².